The fourth-order valence-electron chi connectivity index (χ4n) is 4.34. The zero-order valence-corrected chi connectivity index (χ0v) is 17.5. The minimum absolute atomic E-state index is 0.215. The van der Waals surface area contributed by atoms with Crippen LogP contribution in [0, 0.1) is 5.82 Å². The molecule has 0 saturated carbocycles. The Kier molecular flexibility index (Phi) is 6.97. The van der Waals surface area contributed by atoms with E-state index in [1.54, 1.807) is 0 Å². The van der Waals surface area contributed by atoms with Crippen LogP contribution in [0.5, 0.6) is 0 Å². The lowest BCUT2D eigenvalue weighted by Crippen LogP contribution is -2.51. The minimum Gasteiger partial charge on any atom is -0.368 e. The molecule has 4 rings (SSSR count). The first-order chi connectivity index (χ1) is 14.7. The third-order valence-electron chi connectivity index (χ3n) is 6.11. The summed E-state index contributed by atoms with van der Waals surface area (Å²) in [6.45, 7) is 8.53. The van der Waals surface area contributed by atoms with Gasteiger partial charge in [0.2, 0.25) is 5.91 Å². The van der Waals surface area contributed by atoms with Crippen LogP contribution >= 0.6 is 0 Å². The smallest absolute Gasteiger partial charge is 0.236 e. The third kappa shape index (κ3) is 5.58. The van der Waals surface area contributed by atoms with Gasteiger partial charge in [-0.25, -0.2) is 4.39 Å². The highest BCUT2D eigenvalue weighted by Crippen LogP contribution is 2.17. The van der Waals surface area contributed by atoms with Crippen molar-refractivity contribution in [1.82, 2.24) is 14.7 Å². The van der Waals surface area contributed by atoms with E-state index in [9.17, 15) is 9.18 Å². The zero-order valence-electron chi connectivity index (χ0n) is 17.5. The van der Waals surface area contributed by atoms with Crippen LogP contribution in [0.4, 0.5) is 10.1 Å². The van der Waals surface area contributed by atoms with Gasteiger partial charge in [0, 0.05) is 51.5 Å². The van der Waals surface area contributed by atoms with Gasteiger partial charge in [0.25, 0.3) is 0 Å². The number of carbonyl (C=O) groups is 1. The van der Waals surface area contributed by atoms with Gasteiger partial charge >= 0.3 is 0 Å². The van der Waals surface area contributed by atoms with Crippen LogP contribution in [0.3, 0.4) is 0 Å². The average Bonchev–Trinajstić information content (AvgIpc) is 3.00. The summed E-state index contributed by atoms with van der Waals surface area (Å²) in [5.74, 6) is 0.0117. The second-order valence-corrected chi connectivity index (χ2v) is 8.24. The predicted octanol–water partition coefficient (Wildman–Crippen LogP) is 2.68. The number of amides is 1. The highest BCUT2D eigenvalue weighted by Gasteiger charge is 2.24. The van der Waals surface area contributed by atoms with Gasteiger partial charge in [-0.05, 0) is 49.3 Å². The molecule has 2 fully saturated rings. The SMILES string of the molecule is O=C(CN1CCCN(Cc2ccccc2)CC1)N1CCN(c2ccc(F)cc2)CC1. The van der Waals surface area contributed by atoms with E-state index in [2.05, 4.69) is 45.0 Å². The van der Waals surface area contributed by atoms with E-state index in [1.807, 2.05) is 17.0 Å². The number of piperazine rings is 1. The number of rotatable bonds is 5. The maximum Gasteiger partial charge on any atom is 0.236 e. The van der Waals surface area contributed by atoms with E-state index >= 15 is 0 Å². The second-order valence-electron chi connectivity index (χ2n) is 8.24. The predicted molar refractivity (Wildman–Crippen MR) is 118 cm³/mol. The van der Waals surface area contributed by atoms with Gasteiger partial charge in [-0.15, -0.1) is 0 Å². The van der Waals surface area contributed by atoms with E-state index in [0.717, 1.165) is 71.0 Å². The number of halogens is 1. The standard InChI is InChI=1S/C24H31FN4O/c25-22-7-9-23(10-8-22)28-15-17-29(18-16-28)24(30)20-27-12-4-11-26(13-14-27)19-21-5-2-1-3-6-21/h1-3,5-10H,4,11-20H2. The molecule has 2 aliphatic heterocycles. The number of carbonyl (C=O) groups excluding carboxylic acids is 1. The third-order valence-corrected chi connectivity index (χ3v) is 6.11. The van der Waals surface area contributed by atoms with Gasteiger partial charge in [0.1, 0.15) is 5.82 Å². The summed E-state index contributed by atoms with van der Waals surface area (Å²) >= 11 is 0. The first-order valence-corrected chi connectivity index (χ1v) is 10.9. The lowest BCUT2D eigenvalue weighted by atomic mass is 10.2. The van der Waals surface area contributed by atoms with E-state index < -0.39 is 0 Å². The quantitative estimate of drug-likeness (QED) is 0.758. The summed E-state index contributed by atoms with van der Waals surface area (Å²) in [7, 11) is 0. The molecule has 2 aromatic rings. The largest absolute Gasteiger partial charge is 0.368 e. The van der Waals surface area contributed by atoms with Gasteiger partial charge in [0.15, 0.2) is 0 Å². The molecule has 6 heteroatoms. The van der Waals surface area contributed by atoms with Crippen molar-refractivity contribution in [1.29, 1.82) is 0 Å². The summed E-state index contributed by atoms with van der Waals surface area (Å²) < 4.78 is 13.1. The molecule has 0 aliphatic carbocycles. The number of nitrogens with zero attached hydrogens (tertiary/aromatic N) is 4. The van der Waals surface area contributed by atoms with Crippen molar-refractivity contribution in [3.63, 3.8) is 0 Å². The Labute approximate surface area is 178 Å². The molecular formula is C24H31FN4O. The maximum atomic E-state index is 13.1. The fraction of sp³-hybridized carbons (Fsp3) is 0.458. The van der Waals surface area contributed by atoms with E-state index in [4.69, 9.17) is 0 Å². The molecule has 0 bridgehead atoms. The summed E-state index contributed by atoms with van der Waals surface area (Å²) in [5, 5.41) is 0. The number of hydrogen-bond donors (Lipinski definition) is 0. The molecular weight excluding hydrogens is 379 g/mol. The molecule has 0 atom stereocenters. The second kappa shape index (κ2) is 10.0. The van der Waals surface area contributed by atoms with Crippen molar-refractivity contribution in [2.75, 3.05) is 63.8 Å². The minimum atomic E-state index is -0.215. The molecule has 0 aromatic heterocycles. The van der Waals surface area contributed by atoms with Gasteiger partial charge in [-0.2, -0.15) is 0 Å². The Balaban J connectivity index is 1.22. The van der Waals surface area contributed by atoms with Crippen molar-refractivity contribution in [2.24, 2.45) is 0 Å². The van der Waals surface area contributed by atoms with Crippen molar-refractivity contribution < 1.29 is 9.18 Å². The highest BCUT2D eigenvalue weighted by atomic mass is 19.1. The maximum absolute atomic E-state index is 13.1. The molecule has 5 nitrogen and oxygen atoms in total. The van der Waals surface area contributed by atoms with Crippen LogP contribution in [-0.2, 0) is 11.3 Å². The molecule has 2 saturated heterocycles. The van der Waals surface area contributed by atoms with E-state index in [-0.39, 0.29) is 11.7 Å². The first-order valence-electron chi connectivity index (χ1n) is 10.9. The monoisotopic (exact) mass is 410 g/mol. The van der Waals surface area contributed by atoms with Gasteiger partial charge in [-0.1, -0.05) is 30.3 Å². The van der Waals surface area contributed by atoms with Crippen molar-refractivity contribution in [3.05, 3.63) is 66.0 Å². The van der Waals surface area contributed by atoms with Crippen LogP contribution in [0.25, 0.3) is 0 Å². The lowest BCUT2D eigenvalue weighted by molar-refractivity contribution is -0.132. The van der Waals surface area contributed by atoms with Crippen LogP contribution < -0.4 is 4.90 Å². The molecule has 2 aromatic carbocycles. The summed E-state index contributed by atoms with van der Waals surface area (Å²) in [5.41, 5.74) is 2.37. The molecule has 0 unspecified atom stereocenters. The van der Waals surface area contributed by atoms with Crippen LogP contribution in [0.2, 0.25) is 0 Å². The molecule has 1 amide bonds. The zero-order chi connectivity index (χ0) is 20.8. The van der Waals surface area contributed by atoms with Crippen molar-refractivity contribution >= 4 is 11.6 Å². The number of benzene rings is 2. The molecule has 160 valence electrons. The van der Waals surface area contributed by atoms with Crippen molar-refractivity contribution in [2.45, 2.75) is 13.0 Å². The first kappa shape index (κ1) is 20.8. The van der Waals surface area contributed by atoms with Crippen molar-refractivity contribution in [3.8, 4) is 0 Å². The van der Waals surface area contributed by atoms with E-state index in [1.165, 1.54) is 17.7 Å². The lowest BCUT2D eigenvalue weighted by Gasteiger charge is -2.37. The number of anilines is 1. The van der Waals surface area contributed by atoms with Gasteiger partial charge in [-0.3, -0.25) is 14.6 Å². The van der Waals surface area contributed by atoms with Crippen LogP contribution in [0.1, 0.15) is 12.0 Å². The Morgan fingerprint density at radius 2 is 1.43 bits per heavy atom. The summed E-state index contributed by atoms with van der Waals surface area (Å²) in [6.07, 6.45) is 1.10. The average molecular weight is 411 g/mol. The molecule has 30 heavy (non-hydrogen) atoms. The van der Waals surface area contributed by atoms with Crippen LogP contribution in [-0.4, -0.2) is 79.5 Å². The Morgan fingerprint density at radius 3 is 2.17 bits per heavy atom. The Hall–Kier alpha value is -2.44. The van der Waals surface area contributed by atoms with Crippen LogP contribution in [0.15, 0.2) is 54.6 Å². The van der Waals surface area contributed by atoms with Gasteiger partial charge < -0.3 is 9.80 Å². The summed E-state index contributed by atoms with van der Waals surface area (Å²) in [6, 6.07) is 17.2. The molecule has 2 aliphatic rings. The summed E-state index contributed by atoms with van der Waals surface area (Å²) in [4.78, 5) is 21.8. The molecule has 0 radical (unpaired) electrons. The fourth-order valence-corrected chi connectivity index (χ4v) is 4.34. The molecule has 0 N–H and O–H groups in total. The highest BCUT2D eigenvalue weighted by molar-refractivity contribution is 5.78. The normalized spacial score (nSPS) is 19.0. The number of hydrogen-bond acceptors (Lipinski definition) is 4. The van der Waals surface area contributed by atoms with E-state index in [0.29, 0.717) is 6.54 Å². The Morgan fingerprint density at radius 1 is 0.767 bits per heavy atom. The topological polar surface area (TPSA) is 30.0 Å². The molecule has 0 spiro atoms. The Bertz CT molecular complexity index is 806. The van der Waals surface area contributed by atoms with Gasteiger partial charge in [0.05, 0.1) is 6.54 Å². The molecule has 2 heterocycles.